The largest absolute Gasteiger partial charge is 0.477 e. The van der Waals surface area contributed by atoms with Crippen molar-refractivity contribution in [3.63, 3.8) is 0 Å². The molecule has 0 aromatic heterocycles. The second kappa shape index (κ2) is 5.72. The van der Waals surface area contributed by atoms with E-state index in [4.69, 9.17) is 11.6 Å². The second-order valence-electron chi connectivity index (χ2n) is 4.08. The van der Waals surface area contributed by atoms with Crippen molar-refractivity contribution >= 4 is 29.0 Å². The van der Waals surface area contributed by atoms with E-state index in [-0.39, 0.29) is 16.1 Å². The lowest BCUT2D eigenvalue weighted by Crippen LogP contribution is -2.12. The highest BCUT2D eigenvalue weighted by Crippen LogP contribution is 2.32. The van der Waals surface area contributed by atoms with Gasteiger partial charge in [-0.05, 0) is 12.1 Å². The van der Waals surface area contributed by atoms with Crippen molar-refractivity contribution in [2.24, 2.45) is 0 Å². The van der Waals surface area contributed by atoms with E-state index in [2.05, 4.69) is 0 Å². The molecule has 2 rings (SSSR count). The highest BCUT2D eigenvalue weighted by Gasteiger charge is 2.30. The van der Waals surface area contributed by atoms with Gasteiger partial charge in [-0.15, -0.1) is 0 Å². The maximum atomic E-state index is 12.3. The predicted octanol–water partition coefficient (Wildman–Crippen LogP) is 3.18. The zero-order valence-electron chi connectivity index (χ0n) is 10.4. The van der Waals surface area contributed by atoms with E-state index < -0.39 is 27.9 Å². The molecule has 0 aliphatic rings. The summed E-state index contributed by atoms with van der Waals surface area (Å²) < 4.78 is 0. The Bertz CT molecular complexity index is 743. The quantitative estimate of drug-likeness (QED) is 0.531. The Morgan fingerprint density at radius 1 is 1.10 bits per heavy atom. The molecule has 2 aromatic carbocycles. The molecule has 1 N–H and O–H groups in total. The van der Waals surface area contributed by atoms with Gasteiger partial charge in [-0.3, -0.25) is 14.9 Å². The number of hydrogen-bond donors (Lipinski definition) is 1. The van der Waals surface area contributed by atoms with Gasteiger partial charge in [-0.2, -0.15) is 0 Å². The van der Waals surface area contributed by atoms with E-state index in [9.17, 15) is 24.8 Å². The SMILES string of the molecule is O=C(c1ccccc1)c1ccc(Cl)c([N+](=O)[O-])c1C(=O)O. The second-order valence-corrected chi connectivity index (χ2v) is 4.48. The predicted molar refractivity (Wildman–Crippen MR) is 74.9 cm³/mol. The molecule has 0 fully saturated rings. The number of carboxylic acids is 1. The molecule has 6 nitrogen and oxygen atoms in total. The lowest BCUT2D eigenvalue weighted by atomic mass is 9.97. The molecule has 0 aliphatic carbocycles. The summed E-state index contributed by atoms with van der Waals surface area (Å²) in [4.78, 5) is 33.7. The zero-order valence-corrected chi connectivity index (χ0v) is 11.2. The molecule has 0 spiro atoms. The van der Waals surface area contributed by atoms with Crippen LogP contribution in [0.4, 0.5) is 5.69 Å². The summed E-state index contributed by atoms with van der Waals surface area (Å²) in [6.07, 6.45) is 0. The topological polar surface area (TPSA) is 97.5 Å². The van der Waals surface area contributed by atoms with Crippen LogP contribution in [0.2, 0.25) is 5.02 Å². The third kappa shape index (κ3) is 2.75. The molecule has 7 heteroatoms. The summed E-state index contributed by atoms with van der Waals surface area (Å²) in [6.45, 7) is 0. The Morgan fingerprint density at radius 2 is 1.71 bits per heavy atom. The smallest absolute Gasteiger partial charge is 0.343 e. The van der Waals surface area contributed by atoms with Crippen LogP contribution in [0.25, 0.3) is 0 Å². The first kappa shape index (κ1) is 14.7. The molecule has 0 saturated heterocycles. The number of rotatable bonds is 4. The number of ketones is 1. The number of nitro groups is 1. The van der Waals surface area contributed by atoms with Crippen LogP contribution in [0.15, 0.2) is 42.5 Å². The van der Waals surface area contributed by atoms with E-state index >= 15 is 0 Å². The molecule has 0 radical (unpaired) electrons. The van der Waals surface area contributed by atoms with Gasteiger partial charge in [0.1, 0.15) is 10.6 Å². The van der Waals surface area contributed by atoms with Gasteiger partial charge in [-0.25, -0.2) is 4.79 Å². The third-order valence-corrected chi connectivity index (χ3v) is 3.11. The van der Waals surface area contributed by atoms with Gasteiger partial charge in [0.05, 0.1) is 4.92 Å². The molecule has 0 atom stereocenters. The van der Waals surface area contributed by atoms with Gasteiger partial charge in [0.15, 0.2) is 5.78 Å². The minimum Gasteiger partial charge on any atom is -0.477 e. The fraction of sp³-hybridized carbons (Fsp3) is 0. The number of carboxylic acid groups (broad SMARTS) is 1. The van der Waals surface area contributed by atoms with Crippen LogP contribution in [0.5, 0.6) is 0 Å². The minimum absolute atomic E-state index is 0.233. The molecule has 0 aliphatic heterocycles. The highest BCUT2D eigenvalue weighted by atomic mass is 35.5. The van der Waals surface area contributed by atoms with Crippen molar-refractivity contribution in [2.45, 2.75) is 0 Å². The van der Waals surface area contributed by atoms with Gasteiger partial charge in [0.2, 0.25) is 0 Å². The monoisotopic (exact) mass is 305 g/mol. The van der Waals surface area contributed by atoms with E-state index in [1.54, 1.807) is 18.2 Å². The third-order valence-electron chi connectivity index (χ3n) is 2.81. The van der Waals surface area contributed by atoms with Crippen molar-refractivity contribution < 1.29 is 19.6 Å². The Kier molecular flexibility index (Phi) is 4.00. The van der Waals surface area contributed by atoms with Crippen LogP contribution in [0.1, 0.15) is 26.3 Å². The van der Waals surface area contributed by atoms with E-state index in [0.29, 0.717) is 0 Å². The Hall–Kier alpha value is -2.73. The molecule has 21 heavy (non-hydrogen) atoms. The lowest BCUT2D eigenvalue weighted by molar-refractivity contribution is -0.385. The Labute approximate surface area is 123 Å². The Balaban J connectivity index is 2.70. The van der Waals surface area contributed by atoms with E-state index in [0.717, 1.165) is 6.07 Å². The molecule has 106 valence electrons. The van der Waals surface area contributed by atoms with Crippen molar-refractivity contribution in [3.8, 4) is 0 Å². The summed E-state index contributed by atoms with van der Waals surface area (Å²) in [5.74, 6) is -2.20. The van der Waals surface area contributed by atoms with Crippen LogP contribution in [-0.2, 0) is 0 Å². The molecular weight excluding hydrogens is 298 g/mol. The number of nitrogens with zero attached hydrogens (tertiary/aromatic N) is 1. The van der Waals surface area contributed by atoms with Gasteiger partial charge in [0, 0.05) is 11.1 Å². The maximum absolute atomic E-state index is 12.3. The number of nitro benzene ring substituents is 1. The average molecular weight is 306 g/mol. The molecule has 0 bridgehead atoms. The summed E-state index contributed by atoms with van der Waals surface area (Å²) >= 11 is 5.67. The van der Waals surface area contributed by atoms with Crippen molar-refractivity contribution in [1.82, 2.24) is 0 Å². The lowest BCUT2D eigenvalue weighted by Gasteiger charge is -2.07. The summed E-state index contributed by atoms with van der Waals surface area (Å²) in [5.41, 5.74) is -1.53. The zero-order chi connectivity index (χ0) is 15.6. The molecule has 0 unspecified atom stereocenters. The molecule has 0 amide bonds. The van der Waals surface area contributed by atoms with Crippen molar-refractivity contribution in [3.05, 3.63) is 74.3 Å². The Morgan fingerprint density at radius 3 is 2.24 bits per heavy atom. The van der Waals surface area contributed by atoms with Crippen molar-refractivity contribution in [2.75, 3.05) is 0 Å². The number of aromatic carboxylic acids is 1. The van der Waals surface area contributed by atoms with Crippen LogP contribution in [0, 0.1) is 10.1 Å². The molecular formula is C14H8ClNO5. The summed E-state index contributed by atoms with van der Waals surface area (Å²) in [6, 6.07) is 10.2. The van der Waals surface area contributed by atoms with E-state index in [1.165, 1.54) is 18.2 Å². The van der Waals surface area contributed by atoms with Crippen LogP contribution < -0.4 is 0 Å². The standard InChI is InChI=1S/C14H8ClNO5/c15-10-7-6-9(11(14(18)19)12(10)16(20)21)13(17)8-4-2-1-3-5-8/h1-7H,(H,18,19). The van der Waals surface area contributed by atoms with Crippen LogP contribution >= 0.6 is 11.6 Å². The first-order valence-electron chi connectivity index (χ1n) is 5.73. The molecule has 0 heterocycles. The van der Waals surface area contributed by atoms with E-state index in [1.807, 2.05) is 0 Å². The number of hydrogen-bond acceptors (Lipinski definition) is 4. The number of benzene rings is 2. The first-order valence-corrected chi connectivity index (χ1v) is 6.11. The maximum Gasteiger partial charge on any atom is 0.343 e. The fourth-order valence-electron chi connectivity index (χ4n) is 1.89. The van der Waals surface area contributed by atoms with Crippen LogP contribution in [0.3, 0.4) is 0 Å². The first-order chi connectivity index (χ1) is 9.93. The molecule has 0 saturated carbocycles. The minimum atomic E-state index is -1.58. The van der Waals surface area contributed by atoms with Gasteiger partial charge < -0.3 is 5.11 Å². The summed E-state index contributed by atoms with van der Waals surface area (Å²) in [5, 5.41) is 19.9. The summed E-state index contributed by atoms with van der Waals surface area (Å²) in [7, 11) is 0. The van der Waals surface area contributed by atoms with Gasteiger partial charge >= 0.3 is 11.7 Å². The molecule has 2 aromatic rings. The number of halogens is 1. The normalized spacial score (nSPS) is 10.1. The van der Waals surface area contributed by atoms with Gasteiger partial charge in [-0.1, -0.05) is 41.9 Å². The van der Waals surface area contributed by atoms with Gasteiger partial charge in [0.25, 0.3) is 0 Å². The number of carbonyl (C=O) groups is 2. The van der Waals surface area contributed by atoms with Crippen molar-refractivity contribution in [1.29, 1.82) is 0 Å². The fourth-order valence-corrected chi connectivity index (χ4v) is 2.12. The average Bonchev–Trinajstić information content (AvgIpc) is 2.46. The number of carbonyl (C=O) groups excluding carboxylic acids is 1. The van der Waals surface area contributed by atoms with Crippen LogP contribution in [-0.4, -0.2) is 21.8 Å². The highest BCUT2D eigenvalue weighted by molar-refractivity contribution is 6.34.